The lowest BCUT2D eigenvalue weighted by atomic mass is 10.1. The predicted molar refractivity (Wildman–Crippen MR) is 67.1 cm³/mol. The first kappa shape index (κ1) is 12.7. The summed E-state index contributed by atoms with van der Waals surface area (Å²) in [4.78, 5) is 2.43. The average Bonchev–Trinajstić information content (AvgIpc) is 2.67. The quantitative estimate of drug-likeness (QED) is 0.649. The molecule has 88 valence electrons. The predicted octanol–water partition coefficient (Wildman–Crippen LogP) is 2.27. The number of hydrogen-bond donors (Lipinski definition) is 1. The van der Waals surface area contributed by atoms with E-state index in [0.29, 0.717) is 0 Å². The minimum Gasteiger partial charge on any atom is -0.313 e. The Morgan fingerprint density at radius 1 is 1.40 bits per heavy atom. The van der Waals surface area contributed by atoms with Gasteiger partial charge in [0.15, 0.2) is 0 Å². The van der Waals surface area contributed by atoms with Crippen molar-refractivity contribution in [1.82, 2.24) is 10.2 Å². The molecule has 0 radical (unpaired) electrons. The van der Waals surface area contributed by atoms with Gasteiger partial charge in [-0.3, -0.25) is 0 Å². The average molecular weight is 210 g/mol. The highest BCUT2D eigenvalue weighted by molar-refractivity contribution is 4.99. The van der Waals surface area contributed by atoms with Gasteiger partial charge in [0.05, 0.1) is 0 Å². The Hall–Kier alpha value is -0.340. The van der Waals surface area contributed by atoms with Crippen molar-refractivity contribution in [2.45, 2.75) is 32.6 Å². The van der Waals surface area contributed by atoms with E-state index in [9.17, 15) is 0 Å². The molecule has 1 N–H and O–H groups in total. The van der Waals surface area contributed by atoms with Crippen LogP contribution in [-0.4, -0.2) is 38.1 Å². The molecule has 1 aliphatic rings. The van der Waals surface area contributed by atoms with Crippen LogP contribution < -0.4 is 5.32 Å². The van der Waals surface area contributed by atoms with Crippen molar-refractivity contribution in [3.05, 3.63) is 12.2 Å². The SMILES string of the molecule is C=C(CNCC)CN(C)CC1CCCC1. The minimum absolute atomic E-state index is 0.946. The third kappa shape index (κ3) is 5.33. The summed E-state index contributed by atoms with van der Waals surface area (Å²) in [7, 11) is 2.22. The van der Waals surface area contributed by atoms with E-state index in [0.717, 1.165) is 25.6 Å². The molecular formula is C13H26N2. The largest absolute Gasteiger partial charge is 0.313 e. The zero-order valence-corrected chi connectivity index (χ0v) is 10.4. The monoisotopic (exact) mass is 210 g/mol. The molecule has 0 aromatic rings. The smallest absolute Gasteiger partial charge is 0.0199 e. The van der Waals surface area contributed by atoms with Crippen molar-refractivity contribution in [3.8, 4) is 0 Å². The van der Waals surface area contributed by atoms with Gasteiger partial charge in [0.25, 0.3) is 0 Å². The molecule has 15 heavy (non-hydrogen) atoms. The van der Waals surface area contributed by atoms with Gasteiger partial charge in [0.1, 0.15) is 0 Å². The molecule has 1 fully saturated rings. The minimum atomic E-state index is 0.946. The normalized spacial score (nSPS) is 17.5. The Labute approximate surface area is 94.7 Å². The van der Waals surface area contributed by atoms with Crippen LogP contribution in [-0.2, 0) is 0 Å². The first-order valence-electron chi connectivity index (χ1n) is 6.28. The van der Waals surface area contributed by atoms with Gasteiger partial charge in [-0.2, -0.15) is 0 Å². The van der Waals surface area contributed by atoms with Crippen LogP contribution in [0.1, 0.15) is 32.6 Å². The van der Waals surface area contributed by atoms with Gasteiger partial charge in [-0.25, -0.2) is 0 Å². The number of rotatable bonds is 7. The summed E-state index contributed by atoms with van der Waals surface area (Å²) >= 11 is 0. The first-order chi connectivity index (χ1) is 7.22. The summed E-state index contributed by atoms with van der Waals surface area (Å²) in [5.74, 6) is 0.946. The molecule has 2 nitrogen and oxygen atoms in total. The van der Waals surface area contributed by atoms with E-state index in [4.69, 9.17) is 0 Å². The summed E-state index contributed by atoms with van der Waals surface area (Å²) in [5, 5.41) is 3.32. The molecule has 0 aliphatic heterocycles. The standard InChI is InChI=1S/C13H26N2/c1-4-14-9-12(2)10-15(3)11-13-7-5-6-8-13/h13-14H,2,4-11H2,1,3H3. The van der Waals surface area contributed by atoms with Gasteiger partial charge in [-0.1, -0.05) is 26.3 Å². The fourth-order valence-corrected chi connectivity index (χ4v) is 2.44. The molecule has 0 bridgehead atoms. The highest BCUT2D eigenvalue weighted by Gasteiger charge is 2.16. The van der Waals surface area contributed by atoms with Gasteiger partial charge < -0.3 is 10.2 Å². The molecule has 0 amide bonds. The molecule has 1 saturated carbocycles. The van der Waals surface area contributed by atoms with Crippen molar-refractivity contribution >= 4 is 0 Å². The number of likely N-dealkylation sites (N-methyl/N-ethyl adjacent to an activating group) is 2. The maximum atomic E-state index is 4.10. The van der Waals surface area contributed by atoms with E-state index in [1.807, 2.05) is 0 Å². The lowest BCUT2D eigenvalue weighted by molar-refractivity contribution is 0.296. The van der Waals surface area contributed by atoms with Crippen LogP contribution in [0.25, 0.3) is 0 Å². The summed E-state index contributed by atoms with van der Waals surface area (Å²) in [6.07, 6.45) is 5.75. The fourth-order valence-electron chi connectivity index (χ4n) is 2.44. The van der Waals surface area contributed by atoms with Gasteiger partial charge in [-0.05, 0) is 37.9 Å². The van der Waals surface area contributed by atoms with E-state index in [1.54, 1.807) is 0 Å². The Morgan fingerprint density at radius 2 is 2.07 bits per heavy atom. The van der Waals surface area contributed by atoms with Crippen LogP contribution in [0.4, 0.5) is 0 Å². The third-order valence-corrected chi connectivity index (χ3v) is 3.16. The Bertz CT molecular complexity index is 183. The summed E-state index contributed by atoms with van der Waals surface area (Å²) in [5.41, 5.74) is 1.30. The second-order valence-electron chi connectivity index (χ2n) is 4.88. The maximum Gasteiger partial charge on any atom is 0.0199 e. The van der Waals surface area contributed by atoms with Crippen LogP contribution in [0, 0.1) is 5.92 Å². The van der Waals surface area contributed by atoms with E-state index >= 15 is 0 Å². The third-order valence-electron chi connectivity index (χ3n) is 3.16. The first-order valence-corrected chi connectivity index (χ1v) is 6.28. The van der Waals surface area contributed by atoms with Crippen molar-refractivity contribution in [2.24, 2.45) is 5.92 Å². The molecule has 0 heterocycles. The molecule has 0 atom stereocenters. The molecule has 0 spiro atoms. The van der Waals surface area contributed by atoms with Crippen molar-refractivity contribution in [1.29, 1.82) is 0 Å². The summed E-state index contributed by atoms with van der Waals surface area (Å²) in [6, 6.07) is 0. The van der Waals surface area contributed by atoms with Crippen molar-refractivity contribution in [2.75, 3.05) is 33.2 Å². The lowest BCUT2D eigenvalue weighted by Gasteiger charge is -2.21. The van der Waals surface area contributed by atoms with Gasteiger partial charge >= 0.3 is 0 Å². The molecule has 2 heteroatoms. The van der Waals surface area contributed by atoms with Crippen LogP contribution >= 0.6 is 0 Å². The second-order valence-corrected chi connectivity index (χ2v) is 4.88. The molecule has 1 aliphatic carbocycles. The van der Waals surface area contributed by atoms with Gasteiger partial charge in [0, 0.05) is 19.6 Å². The fraction of sp³-hybridized carbons (Fsp3) is 0.846. The zero-order chi connectivity index (χ0) is 11.1. The van der Waals surface area contributed by atoms with Crippen LogP contribution in [0.2, 0.25) is 0 Å². The Kier molecular flexibility index (Phi) is 5.96. The Balaban J connectivity index is 2.11. The molecule has 0 aromatic heterocycles. The van der Waals surface area contributed by atoms with Gasteiger partial charge in [-0.15, -0.1) is 0 Å². The maximum absolute atomic E-state index is 4.10. The highest BCUT2D eigenvalue weighted by Crippen LogP contribution is 2.25. The van der Waals surface area contributed by atoms with Crippen molar-refractivity contribution < 1.29 is 0 Å². The Morgan fingerprint density at radius 3 is 2.67 bits per heavy atom. The van der Waals surface area contributed by atoms with Crippen LogP contribution in [0.3, 0.4) is 0 Å². The molecular weight excluding hydrogens is 184 g/mol. The molecule has 0 saturated heterocycles. The van der Waals surface area contributed by atoms with Crippen molar-refractivity contribution in [3.63, 3.8) is 0 Å². The number of hydrogen-bond acceptors (Lipinski definition) is 2. The number of nitrogens with zero attached hydrogens (tertiary/aromatic N) is 1. The number of nitrogens with one attached hydrogen (secondary N) is 1. The van der Waals surface area contributed by atoms with Crippen LogP contribution in [0.5, 0.6) is 0 Å². The molecule has 0 unspecified atom stereocenters. The summed E-state index contributed by atoms with van der Waals surface area (Å²) in [6.45, 7) is 10.5. The van der Waals surface area contributed by atoms with Crippen LogP contribution in [0.15, 0.2) is 12.2 Å². The summed E-state index contributed by atoms with van der Waals surface area (Å²) < 4.78 is 0. The zero-order valence-electron chi connectivity index (χ0n) is 10.4. The second kappa shape index (κ2) is 7.02. The van der Waals surface area contributed by atoms with E-state index in [1.165, 1.54) is 37.8 Å². The van der Waals surface area contributed by atoms with Gasteiger partial charge in [0.2, 0.25) is 0 Å². The lowest BCUT2D eigenvalue weighted by Crippen LogP contribution is -2.29. The highest BCUT2D eigenvalue weighted by atomic mass is 15.1. The van der Waals surface area contributed by atoms with E-state index < -0.39 is 0 Å². The topological polar surface area (TPSA) is 15.3 Å². The molecule has 1 rings (SSSR count). The van der Waals surface area contributed by atoms with E-state index in [2.05, 4.69) is 30.8 Å². The molecule has 0 aromatic carbocycles. The van der Waals surface area contributed by atoms with E-state index in [-0.39, 0.29) is 0 Å².